The van der Waals surface area contributed by atoms with Crippen molar-refractivity contribution in [3.05, 3.63) is 11.1 Å². The van der Waals surface area contributed by atoms with E-state index in [1.165, 1.54) is 5.70 Å². The Morgan fingerprint density at radius 1 is 1.67 bits per heavy atom. The van der Waals surface area contributed by atoms with E-state index in [9.17, 15) is 0 Å². The molecule has 0 aromatic heterocycles. The first-order valence-electron chi connectivity index (χ1n) is 4.02. The summed E-state index contributed by atoms with van der Waals surface area (Å²) in [4.78, 5) is 0. The van der Waals surface area contributed by atoms with Crippen LogP contribution in [0.15, 0.2) is 11.1 Å². The molecule has 1 aliphatic rings. The number of thioether (sulfide) groups is 1. The smallest absolute Gasteiger partial charge is 0.146 e. The third kappa shape index (κ3) is 1.92. The van der Waals surface area contributed by atoms with Crippen molar-refractivity contribution in [2.24, 2.45) is 5.73 Å². The maximum atomic E-state index is 5.49. The lowest BCUT2D eigenvalue weighted by Gasteiger charge is -2.27. The van der Waals surface area contributed by atoms with Gasteiger partial charge in [0.2, 0.25) is 0 Å². The topological polar surface area (TPSA) is 53.3 Å². The van der Waals surface area contributed by atoms with E-state index in [1.807, 2.05) is 14.1 Å². The quantitative estimate of drug-likeness (QED) is 0.573. The van der Waals surface area contributed by atoms with Crippen molar-refractivity contribution >= 4 is 11.8 Å². The van der Waals surface area contributed by atoms with Gasteiger partial charge in [0.15, 0.2) is 0 Å². The van der Waals surface area contributed by atoms with E-state index in [0.717, 1.165) is 6.42 Å². The van der Waals surface area contributed by atoms with Gasteiger partial charge in [0.05, 0.1) is 0 Å². The monoisotopic (exact) mass is 188 g/mol. The fourth-order valence-corrected chi connectivity index (χ4v) is 2.21. The molecule has 12 heavy (non-hydrogen) atoms. The SMILES string of the molecule is CNC1SC=C(CCN)N1NC. The molecule has 0 amide bonds. The van der Waals surface area contributed by atoms with Crippen molar-refractivity contribution < 1.29 is 0 Å². The van der Waals surface area contributed by atoms with Gasteiger partial charge in [-0.25, -0.2) is 5.43 Å². The Morgan fingerprint density at radius 3 is 2.92 bits per heavy atom. The minimum absolute atomic E-state index is 0.302. The van der Waals surface area contributed by atoms with Gasteiger partial charge in [-0.1, -0.05) is 11.8 Å². The maximum Gasteiger partial charge on any atom is 0.146 e. The lowest BCUT2D eigenvalue weighted by Crippen LogP contribution is -2.45. The number of hydrogen-bond donors (Lipinski definition) is 3. The van der Waals surface area contributed by atoms with Crippen LogP contribution in [0.1, 0.15) is 6.42 Å². The minimum Gasteiger partial charge on any atom is -0.330 e. The van der Waals surface area contributed by atoms with Crippen LogP contribution in [-0.4, -0.2) is 31.1 Å². The summed E-state index contributed by atoms with van der Waals surface area (Å²) in [5.74, 6) is 0. The Hall–Kier alpha value is -0.230. The highest BCUT2D eigenvalue weighted by Crippen LogP contribution is 2.28. The highest BCUT2D eigenvalue weighted by Gasteiger charge is 2.23. The highest BCUT2D eigenvalue weighted by atomic mass is 32.2. The summed E-state index contributed by atoms with van der Waals surface area (Å²) in [7, 11) is 3.86. The lowest BCUT2D eigenvalue weighted by atomic mass is 10.3. The van der Waals surface area contributed by atoms with Crippen molar-refractivity contribution in [3.63, 3.8) is 0 Å². The molecule has 0 aliphatic carbocycles. The van der Waals surface area contributed by atoms with Crippen molar-refractivity contribution in [2.45, 2.75) is 11.9 Å². The molecule has 0 radical (unpaired) electrons. The van der Waals surface area contributed by atoms with E-state index in [4.69, 9.17) is 5.73 Å². The van der Waals surface area contributed by atoms with E-state index in [-0.39, 0.29) is 0 Å². The average molecular weight is 188 g/mol. The molecular weight excluding hydrogens is 172 g/mol. The zero-order valence-corrected chi connectivity index (χ0v) is 8.32. The Bertz CT molecular complexity index is 171. The number of nitrogens with zero attached hydrogens (tertiary/aromatic N) is 1. The van der Waals surface area contributed by atoms with E-state index in [1.54, 1.807) is 11.8 Å². The van der Waals surface area contributed by atoms with E-state index in [0.29, 0.717) is 12.0 Å². The van der Waals surface area contributed by atoms with Crippen LogP contribution in [0, 0.1) is 0 Å². The second-order valence-electron chi connectivity index (χ2n) is 2.52. The normalized spacial score (nSPS) is 23.1. The summed E-state index contributed by atoms with van der Waals surface area (Å²) in [5, 5.41) is 7.42. The Balaban J connectivity index is 2.52. The number of nitrogens with two attached hydrogens (primary N) is 1. The van der Waals surface area contributed by atoms with Crippen molar-refractivity contribution in [1.29, 1.82) is 0 Å². The minimum atomic E-state index is 0.302. The van der Waals surface area contributed by atoms with Crippen molar-refractivity contribution in [1.82, 2.24) is 15.8 Å². The highest BCUT2D eigenvalue weighted by molar-refractivity contribution is 8.02. The van der Waals surface area contributed by atoms with E-state index >= 15 is 0 Å². The van der Waals surface area contributed by atoms with Crippen LogP contribution in [0.2, 0.25) is 0 Å². The van der Waals surface area contributed by atoms with Crippen LogP contribution >= 0.6 is 11.8 Å². The van der Waals surface area contributed by atoms with Crippen LogP contribution in [0.5, 0.6) is 0 Å². The molecule has 0 aromatic rings. The van der Waals surface area contributed by atoms with Gasteiger partial charge in [-0.3, -0.25) is 10.3 Å². The van der Waals surface area contributed by atoms with Gasteiger partial charge in [0.1, 0.15) is 5.50 Å². The van der Waals surface area contributed by atoms with Crippen LogP contribution in [0.3, 0.4) is 0 Å². The predicted molar refractivity (Wildman–Crippen MR) is 53.1 cm³/mol. The maximum absolute atomic E-state index is 5.49. The van der Waals surface area contributed by atoms with Gasteiger partial charge in [0, 0.05) is 19.2 Å². The second-order valence-corrected chi connectivity index (χ2v) is 3.47. The van der Waals surface area contributed by atoms with Gasteiger partial charge in [-0.05, 0) is 19.0 Å². The molecule has 1 rings (SSSR count). The molecule has 4 nitrogen and oxygen atoms in total. The molecule has 4 N–H and O–H groups in total. The van der Waals surface area contributed by atoms with Gasteiger partial charge in [-0.2, -0.15) is 0 Å². The molecule has 0 saturated heterocycles. The molecule has 5 heteroatoms. The molecule has 0 bridgehead atoms. The Morgan fingerprint density at radius 2 is 2.42 bits per heavy atom. The first-order chi connectivity index (χ1) is 5.83. The summed E-state index contributed by atoms with van der Waals surface area (Å²) in [6.07, 6.45) is 0.923. The lowest BCUT2D eigenvalue weighted by molar-refractivity contribution is 0.232. The van der Waals surface area contributed by atoms with Crippen molar-refractivity contribution in [3.8, 4) is 0 Å². The first-order valence-corrected chi connectivity index (χ1v) is 4.96. The largest absolute Gasteiger partial charge is 0.330 e. The third-order valence-corrected chi connectivity index (χ3v) is 2.88. The molecule has 0 spiro atoms. The first kappa shape index (κ1) is 9.85. The zero-order chi connectivity index (χ0) is 8.97. The Kier molecular flexibility index (Phi) is 3.87. The summed E-state index contributed by atoms with van der Waals surface area (Å²) >= 11 is 1.76. The molecule has 1 aliphatic heterocycles. The van der Waals surface area contributed by atoms with Gasteiger partial charge in [0.25, 0.3) is 0 Å². The van der Waals surface area contributed by atoms with Crippen molar-refractivity contribution in [2.75, 3.05) is 20.6 Å². The van der Waals surface area contributed by atoms with Crippen LogP contribution in [0.25, 0.3) is 0 Å². The fourth-order valence-electron chi connectivity index (χ4n) is 1.20. The van der Waals surface area contributed by atoms with Gasteiger partial charge >= 0.3 is 0 Å². The summed E-state index contributed by atoms with van der Waals surface area (Å²) in [6, 6.07) is 0. The summed E-state index contributed by atoms with van der Waals surface area (Å²) < 4.78 is 0. The molecule has 0 saturated carbocycles. The molecule has 1 atom stereocenters. The van der Waals surface area contributed by atoms with Crippen LogP contribution < -0.4 is 16.5 Å². The number of rotatable bonds is 4. The molecule has 70 valence electrons. The average Bonchev–Trinajstić information content (AvgIpc) is 2.47. The molecular formula is C7H16N4S. The number of hydrogen-bond acceptors (Lipinski definition) is 5. The fraction of sp³-hybridized carbons (Fsp3) is 0.714. The predicted octanol–water partition coefficient (Wildman–Crippen LogP) is -0.137. The van der Waals surface area contributed by atoms with Crippen LogP contribution in [0.4, 0.5) is 0 Å². The summed E-state index contributed by atoms with van der Waals surface area (Å²) in [5.41, 5.74) is 10.2. The third-order valence-electron chi connectivity index (χ3n) is 1.77. The number of nitrogens with one attached hydrogen (secondary N) is 2. The Labute approximate surface area is 77.5 Å². The summed E-state index contributed by atoms with van der Waals surface area (Å²) in [6.45, 7) is 0.695. The van der Waals surface area contributed by atoms with Crippen LogP contribution in [-0.2, 0) is 0 Å². The molecule has 0 fully saturated rings. The number of hydrazine groups is 1. The second kappa shape index (κ2) is 4.71. The van der Waals surface area contributed by atoms with Gasteiger partial charge < -0.3 is 5.73 Å². The van der Waals surface area contributed by atoms with E-state index in [2.05, 4.69) is 21.2 Å². The zero-order valence-electron chi connectivity index (χ0n) is 7.50. The standard InChI is InChI=1S/C7H16N4S/c1-9-7-11(10-2)6(3-4-8)5-12-7/h5,7,9-10H,3-4,8H2,1-2H3. The van der Waals surface area contributed by atoms with Gasteiger partial charge in [-0.15, -0.1) is 0 Å². The van der Waals surface area contributed by atoms with E-state index < -0.39 is 0 Å². The molecule has 1 heterocycles. The molecule has 1 unspecified atom stereocenters. The molecule has 0 aromatic carbocycles.